The first-order chi connectivity index (χ1) is 10.3. The van der Waals surface area contributed by atoms with Crippen molar-refractivity contribution in [3.05, 3.63) is 35.7 Å². The standard InChI is InChI=1S/C13H12F3N3O3/c1-19(21-2)10(20)7-8-3-5-9(6-4-8)11-17-12(22-18-11)13(14,15)16/h3-6H,7H2,1-2H3. The van der Waals surface area contributed by atoms with Crippen LogP contribution in [0.4, 0.5) is 13.2 Å². The molecule has 0 radical (unpaired) electrons. The van der Waals surface area contributed by atoms with Gasteiger partial charge in [-0.2, -0.15) is 18.2 Å². The highest BCUT2D eigenvalue weighted by atomic mass is 19.4. The Labute approximate surface area is 123 Å². The van der Waals surface area contributed by atoms with E-state index in [0.717, 1.165) is 5.06 Å². The summed E-state index contributed by atoms with van der Waals surface area (Å²) in [7, 11) is 2.85. The number of halogens is 3. The van der Waals surface area contributed by atoms with Crippen LogP contribution in [-0.2, 0) is 22.2 Å². The third-order valence-corrected chi connectivity index (χ3v) is 2.86. The zero-order valence-corrected chi connectivity index (χ0v) is 11.7. The summed E-state index contributed by atoms with van der Waals surface area (Å²) >= 11 is 0. The number of amides is 1. The molecule has 0 aliphatic rings. The number of aromatic nitrogens is 2. The van der Waals surface area contributed by atoms with Crippen LogP contribution in [0.1, 0.15) is 11.5 Å². The van der Waals surface area contributed by atoms with Crippen molar-refractivity contribution < 1.29 is 27.3 Å². The van der Waals surface area contributed by atoms with Crippen LogP contribution < -0.4 is 0 Å². The van der Waals surface area contributed by atoms with Gasteiger partial charge in [0.15, 0.2) is 0 Å². The molecule has 2 rings (SSSR count). The molecular formula is C13H12F3N3O3. The van der Waals surface area contributed by atoms with Crippen molar-refractivity contribution in [3.8, 4) is 11.4 Å². The lowest BCUT2D eigenvalue weighted by Crippen LogP contribution is -2.26. The van der Waals surface area contributed by atoms with Gasteiger partial charge in [-0.25, -0.2) is 5.06 Å². The molecule has 0 saturated carbocycles. The maximum absolute atomic E-state index is 12.4. The number of hydroxylamine groups is 2. The van der Waals surface area contributed by atoms with E-state index in [9.17, 15) is 18.0 Å². The van der Waals surface area contributed by atoms with Crippen LogP contribution in [0.2, 0.25) is 0 Å². The molecular weight excluding hydrogens is 303 g/mol. The Bertz CT molecular complexity index is 653. The van der Waals surface area contributed by atoms with E-state index in [2.05, 4.69) is 14.7 Å². The van der Waals surface area contributed by atoms with E-state index in [1.54, 1.807) is 12.1 Å². The van der Waals surface area contributed by atoms with Gasteiger partial charge in [0.05, 0.1) is 13.5 Å². The number of rotatable bonds is 4. The highest BCUT2D eigenvalue weighted by Gasteiger charge is 2.38. The van der Waals surface area contributed by atoms with Gasteiger partial charge in [0.25, 0.3) is 0 Å². The number of nitrogens with zero attached hydrogens (tertiary/aromatic N) is 3. The number of alkyl halides is 3. The first-order valence-corrected chi connectivity index (χ1v) is 6.12. The van der Waals surface area contributed by atoms with Crippen LogP contribution in [0.15, 0.2) is 28.8 Å². The Morgan fingerprint density at radius 1 is 1.32 bits per heavy atom. The van der Waals surface area contributed by atoms with Crippen LogP contribution >= 0.6 is 0 Å². The second kappa shape index (κ2) is 6.14. The Hall–Kier alpha value is -2.42. The van der Waals surface area contributed by atoms with Gasteiger partial charge in [0.1, 0.15) is 0 Å². The molecule has 1 heterocycles. The van der Waals surface area contributed by atoms with E-state index in [1.165, 1.54) is 26.3 Å². The van der Waals surface area contributed by atoms with E-state index in [1.807, 2.05) is 0 Å². The van der Waals surface area contributed by atoms with E-state index < -0.39 is 12.1 Å². The summed E-state index contributed by atoms with van der Waals surface area (Å²) in [6, 6.07) is 6.22. The molecule has 0 N–H and O–H groups in total. The molecule has 1 aromatic heterocycles. The molecule has 22 heavy (non-hydrogen) atoms. The average Bonchev–Trinajstić information content (AvgIpc) is 2.97. The first kappa shape index (κ1) is 16.0. The molecule has 0 aliphatic heterocycles. The third kappa shape index (κ3) is 3.61. The fourth-order valence-electron chi connectivity index (χ4n) is 1.62. The third-order valence-electron chi connectivity index (χ3n) is 2.86. The molecule has 0 aliphatic carbocycles. The summed E-state index contributed by atoms with van der Waals surface area (Å²) in [5.74, 6) is -1.82. The fraction of sp³-hybridized carbons (Fsp3) is 0.308. The highest BCUT2D eigenvalue weighted by Crippen LogP contribution is 2.29. The van der Waals surface area contributed by atoms with Gasteiger partial charge in [-0.1, -0.05) is 29.4 Å². The van der Waals surface area contributed by atoms with Crippen LogP contribution in [0.3, 0.4) is 0 Å². The molecule has 0 bridgehead atoms. The Balaban J connectivity index is 2.12. The first-order valence-electron chi connectivity index (χ1n) is 6.12. The van der Waals surface area contributed by atoms with Gasteiger partial charge in [-0.05, 0) is 5.56 Å². The summed E-state index contributed by atoms with van der Waals surface area (Å²) < 4.78 is 41.3. The number of likely N-dealkylation sites (N-methyl/N-ethyl adjacent to an activating group) is 1. The van der Waals surface area contributed by atoms with Crippen molar-refractivity contribution in [2.24, 2.45) is 0 Å². The number of carbonyl (C=O) groups is 1. The number of hydrogen-bond acceptors (Lipinski definition) is 5. The van der Waals surface area contributed by atoms with Crippen molar-refractivity contribution in [2.45, 2.75) is 12.6 Å². The van der Waals surface area contributed by atoms with Gasteiger partial charge in [0, 0.05) is 12.6 Å². The average molecular weight is 315 g/mol. The zero-order chi connectivity index (χ0) is 16.3. The van der Waals surface area contributed by atoms with Crippen LogP contribution in [0.5, 0.6) is 0 Å². The minimum atomic E-state index is -4.68. The Morgan fingerprint density at radius 3 is 2.45 bits per heavy atom. The van der Waals surface area contributed by atoms with Gasteiger partial charge < -0.3 is 4.52 Å². The number of hydrogen-bond donors (Lipinski definition) is 0. The predicted molar refractivity (Wildman–Crippen MR) is 68.2 cm³/mol. The fourth-order valence-corrected chi connectivity index (χ4v) is 1.62. The van der Waals surface area contributed by atoms with E-state index >= 15 is 0 Å². The second-order valence-corrected chi connectivity index (χ2v) is 4.37. The molecule has 9 heteroatoms. The van der Waals surface area contributed by atoms with Crippen molar-refractivity contribution in [3.63, 3.8) is 0 Å². The molecule has 2 aromatic rings. The maximum Gasteiger partial charge on any atom is 0.471 e. The largest absolute Gasteiger partial charge is 0.471 e. The van der Waals surface area contributed by atoms with Gasteiger partial charge >= 0.3 is 12.1 Å². The van der Waals surface area contributed by atoms with Crippen molar-refractivity contribution in [1.29, 1.82) is 0 Å². The minimum Gasteiger partial charge on any atom is -0.329 e. The molecule has 118 valence electrons. The molecule has 0 spiro atoms. The van der Waals surface area contributed by atoms with E-state index in [0.29, 0.717) is 11.1 Å². The Morgan fingerprint density at radius 2 is 1.95 bits per heavy atom. The SMILES string of the molecule is CON(C)C(=O)Cc1ccc(-c2noc(C(F)(F)F)n2)cc1. The van der Waals surface area contributed by atoms with Gasteiger partial charge in [-0.3, -0.25) is 9.63 Å². The van der Waals surface area contributed by atoms with Crippen molar-refractivity contribution >= 4 is 5.91 Å². The zero-order valence-electron chi connectivity index (χ0n) is 11.7. The monoisotopic (exact) mass is 315 g/mol. The maximum atomic E-state index is 12.4. The quantitative estimate of drug-likeness (QED) is 0.810. The molecule has 1 aromatic carbocycles. The second-order valence-electron chi connectivity index (χ2n) is 4.37. The molecule has 0 saturated heterocycles. The summed E-state index contributed by atoms with van der Waals surface area (Å²) in [4.78, 5) is 19.7. The Kier molecular flexibility index (Phi) is 4.45. The van der Waals surface area contributed by atoms with Crippen LogP contribution in [0, 0.1) is 0 Å². The van der Waals surface area contributed by atoms with Crippen LogP contribution in [-0.4, -0.2) is 35.3 Å². The molecule has 1 amide bonds. The summed E-state index contributed by atoms with van der Waals surface area (Å²) in [5, 5.41) is 4.37. The molecule has 0 unspecified atom stereocenters. The summed E-state index contributed by atoms with van der Waals surface area (Å²) in [5.41, 5.74) is 1.03. The molecule has 6 nitrogen and oxygen atoms in total. The van der Waals surface area contributed by atoms with Crippen molar-refractivity contribution in [2.75, 3.05) is 14.2 Å². The van der Waals surface area contributed by atoms with Crippen LogP contribution in [0.25, 0.3) is 11.4 Å². The van der Waals surface area contributed by atoms with Gasteiger partial charge in [0.2, 0.25) is 11.7 Å². The van der Waals surface area contributed by atoms with Crippen molar-refractivity contribution in [1.82, 2.24) is 15.2 Å². The topological polar surface area (TPSA) is 68.5 Å². The smallest absolute Gasteiger partial charge is 0.329 e. The number of carbonyl (C=O) groups excluding carboxylic acids is 1. The van der Waals surface area contributed by atoms with E-state index in [4.69, 9.17) is 4.84 Å². The summed E-state index contributed by atoms with van der Waals surface area (Å²) in [6.07, 6.45) is -4.58. The highest BCUT2D eigenvalue weighted by molar-refractivity contribution is 5.77. The lowest BCUT2D eigenvalue weighted by Gasteiger charge is -2.13. The molecule has 0 fully saturated rings. The van der Waals surface area contributed by atoms with E-state index in [-0.39, 0.29) is 18.2 Å². The normalized spacial score (nSPS) is 11.5. The minimum absolute atomic E-state index is 0.102. The predicted octanol–water partition coefficient (Wildman–Crippen LogP) is 2.32. The number of benzene rings is 1. The molecule has 0 atom stereocenters. The lowest BCUT2D eigenvalue weighted by atomic mass is 10.1. The summed E-state index contributed by atoms with van der Waals surface area (Å²) in [6.45, 7) is 0. The van der Waals surface area contributed by atoms with Gasteiger partial charge in [-0.15, -0.1) is 0 Å². The lowest BCUT2D eigenvalue weighted by molar-refractivity contribution is -0.167.